The number of halogens is 2. The summed E-state index contributed by atoms with van der Waals surface area (Å²) in [7, 11) is 0. The van der Waals surface area contributed by atoms with Crippen molar-refractivity contribution in [3.8, 4) is 11.6 Å². The Morgan fingerprint density at radius 2 is 2.11 bits per heavy atom. The van der Waals surface area contributed by atoms with E-state index in [9.17, 15) is 4.79 Å². The van der Waals surface area contributed by atoms with E-state index in [1.807, 2.05) is 0 Å². The Bertz CT molecular complexity index is 644. The number of benzene rings is 1. The standard InChI is InChI=1S/C13H9Cl2NO3/c1-7-9(13(17)18)3-2-4-11(7)19-12-10(15)5-8(14)6-16-12/h2-6H,1H3,(H,17,18). The molecule has 2 aromatic rings. The number of carboxylic acid groups (broad SMARTS) is 1. The Morgan fingerprint density at radius 1 is 1.37 bits per heavy atom. The second-order valence-corrected chi connectivity index (χ2v) is 4.62. The fraction of sp³-hybridized carbons (Fsp3) is 0.0769. The highest BCUT2D eigenvalue weighted by atomic mass is 35.5. The molecule has 4 nitrogen and oxygen atoms in total. The van der Waals surface area contributed by atoms with Crippen LogP contribution in [0.25, 0.3) is 0 Å². The fourth-order valence-electron chi connectivity index (χ4n) is 1.54. The number of aromatic carboxylic acids is 1. The number of hydrogen-bond acceptors (Lipinski definition) is 3. The monoisotopic (exact) mass is 297 g/mol. The zero-order valence-corrected chi connectivity index (χ0v) is 11.4. The molecule has 2 rings (SSSR count). The van der Waals surface area contributed by atoms with Gasteiger partial charge in [0.15, 0.2) is 0 Å². The molecule has 19 heavy (non-hydrogen) atoms. The highest BCUT2D eigenvalue weighted by Crippen LogP contribution is 2.31. The van der Waals surface area contributed by atoms with E-state index in [-0.39, 0.29) is 16.5 Å². The van der Waals surface area contributed by atoms with E-state index in [4.69, 9.17) is 33.0 Å². The molecule has 0 saturated carbocycles. The molecule has 0 amide bonds. The van der Waals surface area contributed by atoms with E-state index in [0.29, 0.717) is 16.3 Å². The van der Waals surface area contributed by atoms with Crippen LogP contribution >= 0.6 is 23.2 Å². The van der Waals surface area contributed by atoms with Gasteiger partial charge in [-0.15, -0.1) is 0 Å². The lowest BCUT2D eigenvalue weighted by Gasteiger charge is -2.10. The van der Waals surface area contributed by atoms with Gasteiger partial charge in [-0.2, -0.15) is 0 Å². The van der Waals surface area contributed by atoms with Crippen molar-refractivity contribution in [1.82, 2.24) is 4.98 Å². The van der Waals surface area contributed by atoms with Crippen LogP contribution in [-0.4, -0.2) is 16.1 Å². The van der Waals surface area contributed by atoms with Gasteiger partial charge in [0.25, 0.3) is 0 Å². The molecule has 0 aliphatic carbocycles. The Kier molecular flexibility index (Phi) is 3.93. The van der Waals surface area contributed by atoms with Crippen LogP contribution in [0.5, 0.6) is 11.6 Å². The summed E-state index contributed by atoms with van der Waals surface area (Å²) < 4.78 is 5.52. The minimum absolute atomic E-state index is 0.169. The third kappa shape index (κ3) is 2.97. The minimum atomic E-state index is -1.02. The van der Waals surface area contributed by atoms with Crippen molar-refractivity contribution in [2.45, 2.75) is 6.92 Å². The molecular weight excluding hydrogens is 289 g/mol. The first-order chi connectivity index (χ1) is 8.99. The molecule has 6 heteroatoms. The predicted molar refractivity (Wildman–Crippen MR) is 72.5 cm³/mol. The van der Waals surface area contributed by atoms with E-state index in [1.165, 1.54) is 18.3 Å². The van der Waals surface area contributed by atoms with Gasteiger partial charge in [-0.3, -0.25) is 0 Å². The van der Waals surface area contributed by atoms with E-state index in [1.54, 1.807) is 19.1 Å². The molecule has 0 aliphatic rings. The second kappa shape index (κ2) is 5.47. The van der Waals surface area contributed by atoms with E-state index in [0.717, 1.165) is 0 Å². The predicted octanol–water partition coefficient (Wildman–Crippen LogP) is 4.19. The summed E-state index contributed by atoms with van der Waals surface area (Å²) in [5, 5.41) is 9.69. The number of pyridine rings is 1. The highest BCUT2D eigenvalue weighted by Gasteiger charge is 2.13. The molecular formula is C13H9Cl2NO3. The largest absolute Gasteiger partial charge is 0.478 e. The van der Waals surface area contributed by atoms with Gasteiger partial charge in [0, 0.05) is 11.8 Å². The molecule has 0 aliphatic heterocycles. The van der Waals surface area contributed by atoms with Crippen molar-refractivity contribution in [3.63, 3.8) is 0 Å². The molecule has 1 heterocycles. The normalized spacial score (nSPS) is 10.3. The molecule has 1 N–H and O–H groups in total. The lowest BCUT2D eigenvalue weighted by atomic mass is 10.1. The van der Waals surface area contributed by atoms with Crippen molar-refractivity contribution < 1.29 is 14.6 Å². The molecule has 1 aromatic heterocycles. The molecule has 0 atom stereocenters. The van der Waals surface area contributed by atoms with Gasteiger partial charge >= 0.3 is 5.97 Å². The maximum atomic E-state index is 11.0. The van der Waals surface area contributed by atoms with Gasteiger partial charge in [-0.05, 0) is 25.1 Å². The molecule has 0 radical (unpaired) electrons. The third-order valence-corrected chi connectivity index (χ3v) is 2.97. The van der Waals surface area contributed by atoms with Crippen molar-refractivity contribution in [2.75, 3.05) is 0 Å². The van der Waals surface area contributed by atoms with Crippen molar-refractivity contribution in [3.05, 3.63) is 51.6 Å². The van der Waals surface area contributed by atoms with Crippen LogP contribution in [0, 0.1) is 6.92 Å². The smallest absolute Gasteiger partial charge is 0.336 e. The number of carbonyl (C=O) groups is 1. The van der Waals surface area contributed by atoms with Crippen LogP contribution < -0.4 is 4.74 Å². The van der Waals surface area contributed by atoms with Crippen LogP contribution in [0.3, 0.4) is 0 Å². The molecule has 0 fully saturated rings. The summed E-state index contributed by atoms with van der Waals surface area (Å²) in [5.74, 6) is -0.452. The van der Waals surface area contributed by atoms with Gasteiger partial charge in [0.2, 0.25) is 5.88 Å². The Balaban J connectivity index is 2.38. The summed E-state index contributed by atoms with van der Waals surface area (Å²) >= 11 is 11.7. The molecule has 98 valence electrons. The van der Waals surface area contributed by atoms with Gasteiger partial charge in [0.1, 0.15) is 10.8 Å². The van der Waals surface area contributed by atoms with Crippen LogP contribution in [0.1, 0.15) is 15.9 Å². The molecule has 0 saturated heterocycles. The number of ether oxygens (including phenoxy) is 1. The molecule has 0 unspecified atom stereocenters. The van der Waals surface area contributed by atoms with Crippen LogP contribution in [0.2, 0.25) is 10.0 Å². The number of rotatable bonds is 3. The maximum Gasteiger partial charge on any atom is 0.336 e. The van der Waals surface area contributed by atoms with E-state index >= 15 is 0 Å². The molecule has 0 bridgehead atoms. The maximum absolute atomic E-state index is 11.0. The van der Waals surface area contributed by atoms with Crippen molar-refractivity contribution in [1.29, 1.82) is 0 Å². The molecule has 0 spiro atoms. The van der Waals surface area contributed by atoms with E-state index < -0.39 is 5.97 Å². The number of nitrogens with zero attached hydrogens (tertiary/aromatic N) is 1. The number of carboxylic acids is 1. The first-order valence-electron chi connectivity index (χ1n) is 5.31. The van der Waals surface area contributed by atoms with Crippen LogP contribution in [0.15, 0.2) is 30.5 Å². The van der Waals surface area contributed by atoms with Gasteiger partial charge in [-0.25, -0.2) is 9.78 Å². The minimum Gasteiger partial charge on any atom is -0.478 e. The van der Waals surface area contributed by atoms with Gasteiger partial charge < -0.3 is 9.84 Å². The molecule has 1 aromatic carbocycles. The summed E-state index contributed by atoms with van der Waals surface area (Å²) in [5.41, 5.74) is 0.672. The fourth-order valence-corrected chi connectivity index (χ4v) is 1.96. The Hall–Kier alpha value is -1.78. The lowest BCUT2D eigenvalue weighted by Crippen LogP contribution is -2.01. The topological polar surface area (TPSA) is 59.4 Å². The SMILES string of the molecule is Cc1c(Oc2ncc(Cl)cc2Cl)cccc1C(=O)O. The van der Waals surface area contributed by atoms with Crippen LogP contribution in [-0.2, 0) is 0 Å². The average Bonchev–Trinajstić information content (AvgIpc) is 2.34. The summed E-state index contributed by atoms with van der Waals surface area (Å²) in [6.45, 7) is 1.66. The number of aromatic nitrogens is 1. The number of hydrogen-bond donors (Lipinski definition) is 1. The van der Waals surface area contributed by atoms with Crippen LogP contribution in [0.4, 0.5) is 0 Å². The Morgan fingerprint density at radius 3 is 2.74 bits per heavy atom. The first-order valence-corrected chi connectivity index (χ1v) is 6.06. The zero-order valence-electron chi connectivity index (χ0n) is 9.85. The average molecular weight is 298 g/mol. The van der Waals surface area contributed by atoms with Gasteiger partial charge in [0.05, 0.1) is 10.6 Å². The zero-order chi connectivity index (χ0) is 14.0. The summed E-state index contributed by atoms with van der Waals surface area (Å²) in [4.78, 5) is 15.0. The summed E-state index contributed by atoms with van der Waals surface area (Å²) in [6, 6.07) is 6.24. The third-order valence-electron chi connectivity index (χ3n) is 2.50. The second-order valence-electron chi connectivity index (χ2n) is 3.78. The Labute approximate surface area is 119 Å². The van der Waals surface area contributed by atoms with Gasteiger partial charge in [-0.1, -0.05) is 29.3 Å². The highest BCUT2D eigenvalue weighted by molar-refractivity contribution is 6.35. The van der Waals surface area contributed by atoms with Crippen molar-refractivity contribution in [2.24, 2.45) is 0 Å². The first kappa shape index (κ1) is 13.6. The summed E-state index contributed by atoms with van der Waals surface area (Å²) in [6.07, 6.45) is 1.40. The van der Waals surface area contributed by atoms with E-state index in [2.05, 4.69) is 4.98 Å². The van der Waals surface area contributed by atoms with Crippen molar-refractivity contribution >= 4 is 29.2 Å². The quantitative estimate of drug-likeness (QED) is 0.923. The lowest BCUT2D eigenvalue weighted by molar-refractivity contribution is 0.0695.